The molecule has 0 amide bonds. The summed E-state index contributed by atoms with van der Waals surface area (Å²) in [5.41, 5.74) is 1.72. The van der Waals surface area contributed by atoms with Gasteiger partial charge in [-0.1, -0.05) is 20.8 Å². The maximum atomic E-state index is 4.98. The first kappa shape index (κ1) is 9.82. The van der Waals surface area contributed by atoms with Crippen LogP contribution in [0.25, 0.3) is 0 Å². The molecular weight excluding hydrogens is 144 g/mol. The van der Waals surface area contributed by atoms with Crippen molar-refractivity contribution in [2.24, 2.45) is 16.9 Å². The molecule has 10 heavy (non-hydrogen) atoms. The summed E-state index contributed by atoms with van der Waals surface area (Å²) in [4.78, 5) is 0. The molecule has 0 saturated carbocycles. The van der Waals surface area contributed by atoms with Gasteiger partial charge in [0.2, 0.25) is 0 Å². The number of hydrogen-bond donors (Lipinski definition) is 1. The van der Waals surface area contributed by atoms with Gasteiger partial charge in [-0.15, -0.1) is 11.8 Å². The first-order valence-corrected chi connectivity index (χ1v) is 4.53. The van der Waals surface area contributed by atoms with Gasteiger partial charge in [0.25, 0.3) is 0 Å². The molecule has 0 fully saturated rings. The van der Waals surface area contributed by atoms with Crippen LogP contribution in [0, 0.1) is 5.92 Å². The Kier molecular flexibility index (Phi) is 5.49. The molecule has 0 aromatic rings. The minimum absolute atomic E-state index is 0.660. The van der Waals surface area contributed by atoms with Gasteiger partial charge in [-0.25, -0.2) is 0 Å². The number of hydrogen-bond acceptors (Lipinski definition) is 3. The van der Waals surface area contributed by atoms with Crippen LogP contribution in [0.4, 0.5) is 0 Å². The Bertz CT molecular complexity index is 102. The second-order valence-electron chi connectivity index (χ2n) is 2.58. The fourth-order valence-electron chi connectivity index (χ4n) is 0.838. The lowest BCUT2D eigenvalue weighted by Gasteiger charge is -2.14. The number of hydrazone groups is 1. The van der Waals surface area contributed by atoms with Crippen LogP contribution < -0.4 is 5.84 Å². The van der Waals surface area contributed by atoms with Gasteiger partial charge in [0.15, 0.2) is 0 Å². The lowest BCUT2D eigenvalue weighted by molar-refractivity contribution is 0.596. The maximum Gasteiger partial charge on any atom is 0.0797 e. The summed E-state index contributed by atoms with van der Waals surface area (Å²) in [5.74, 6) is 5.68. The van der Waals surface area contributed by atoms with Crippen molar-refractivity contribution in [1.29, 1.82) is 0 Å². The van der Waals surface area contributed by atoms with E-state index in [0.717, 1.165) is 0 Å². The van der Waals surface area contributed by atoms with Crippen molar-refractivity contribution >= 4 is 17.3 Å². The van der Waals surface area contributed by atoms with E-state index in [4.69, 9.17) is 5.84 Å². The number of thioether (sulfide) groups is 1. The van der Waals surface area contributed by atoms with Crippen molar-refractivity contribution in [3.05, 3.63) is 0 Å². The Hall–Kier alpha value is -0.180. The number of nitrogens with two attached hydrogens (primary N) is 1. The van der Waals surface area contributed by atoms with Crippen molar-refractivity contribution in [2.75, 3.05) is 0 Å². The van der Waals surface area contributed by atoms with Crippen LogP contribution in [0.1, 0.15) is 27.2 Å². The van der Waals surface area contributed by atoms with Crippen LogP contribution in [0.2, 0.25) is 0 Å². The molecule has 2 nitrogen and oxygen atoms in total. The van der Waals surface area contributed by atoms with E-state index >= 15 is 0 Å². The van der Waals surface area contributed by atoms with Gasteiger partial charge < -0.3 is 5.84 Å². The van der Waals surface area contributed by atoms with Crippen LogP contribution in [0.5, 0.6) is 0 Å². The highest BCUT2D eigenvalue weighted by Crippen LogP contribution is 2.19. The molecule has 0 rings (SSSR count). The van der Waals surface area contributed by atoms with E-state index < -0.39 is 0 Å². The molecule has 0 aliphatic carbocycles. The van der Waals surface area contributed by atoms with E-state index in [-0.39, 0.29) is 0 Å². The Morgan fingerprint density at radius 3 is 2.50 bits per heavy atom. The third kappa shape index (κ3) is 3.77. The molecule has 2 N–H and O–H groups in total. The smallest absolute Gasteiger partial charge is 0.0797 e. The molecule has 3 heteroatoms. The van der Waals surface area contributed by atoms with E-state index in [0.29, 0.717) is 11.2 Å². The van der Waals surface area contributed by atoms with Gasteiger partial charge in [0, 0.05) is 5.25 Å². The van der Waals surface area contributed by atoms with Crippen LogP contribution in [0.15, 0.2) is 5.10 Å². The quantitative estimate of drug-likeness (QED) is 0.296. The highest BCUT2D eigenvalue weighted by atomic mass is 32.2. The predicted octanol–water partition coefficient (Wildman–Crippen LogP) is 2.06. The Labute approximate surface area is 67.3 Å². The van der Waals surface area contributed by atoms with Gasteiger partial charge in [-0.05, 0) is 12.3 Å². The second kappa shape index (κ2) is 5.59. The number of nitrogens with zero attached hydrogens (tertiary/aromatic N) is 1. The standard InChI is InChI=1S/C7H16N2S/c1-4-7(6(2)3)10-5-9-8/h5-7H,4,8H2,1-3H3/b9-5-. The zero-order valence-corrected chi connectivity index (χ0v) is 7.69. The molecule has 1 atom stereocenters. The fraction of sp³-hybridized carbons (Fsp3) is 0.857. The minimum atomic E-state index is 0.660. The summed E-state index contributed by atoms with van der Waals surface area (Å²) >= 11 is 1.71. The molecule has 0 aromatic heterocycles. The molecule has 0 radical (unpaired) electrons. The van der Waals surface area contributed by atoms with Crippen molar-refractivity contribution in [3.8, 4) is 0 Å². The molecule has 1 unspecified atom stereocenters. The van der Waals surface area contributed by atoms with Gasteiger partial charge >= 0.3 is 0 Å². The highest BCUT2D eigenvalue weighted by molar-refractivity contribution is 8.12. The number of rotatable bonds is 4. The average molecular weight is 160 g/mol. The first-order valence-electron chi connectivity index (χ1n) is 3.59. The molecule has 60 valence electrons. The largest absolute Gasteiger partial charge is 0.323 e. The third-order valence-electron chi connectivity index (χ3n) is 1.44. The normalized spacial score (nSPS) is 14.8. The monoisotopic (exact) mass is 160 g/mol. The van der Waals surface area contributed by atoms with Crippen LogP contribution in [-0.2, 0) is 0 Å². The van der Waals surface area contributed by atoms with Crippen LogP contribution in [-0.4, -0.2) is 10.8 Å². The summed E-state index contributed by atoms with van der Waals surface area (Å²) in [5, 5.41) is 4.10. The molecule has 0 aliphatic heterocycles. The second-order valence-corrected chi connectivity index (χ2v) is 3.67. The van der Waals surface area contributed by atoms with E-state index in [9.17, 15) is 0 Å². The van der Waals surface area contributed by atoms with Gasteiger partial charge in [0.1, 0.15) is 0 Å². The zero-order chi connectivity index (χ0) is 7.98. The van der Waals surface area contributed by atoms with Crippen LogP contribution >= 0.6 is 11.8 Å². The molecule has 0 aromatic carbocycles. The summed E-state index contributed by atoms with van der Waals surface area (Å²) < 4.78 is 0. The predicted molar refractivity (Wildman–Crippen MR) is 49.2 cm³/mol. The minimum Gasteiger partial charge on any atom is -0.323 e. The van der Waals surface area contributed by atoms with Crippen molar-refractivity contribution in [2.45, 2.75) is 32.4 Å². The van der Waals surface area contributed by atoms with Crippen molar-refractivity contribution in [3.63, 3.8) is 0 Å². The Morgan fingerprint density at radius 1 is 1.60 bits per heavy atom. The van der Waals surface area contributed by atoms with Gasteiger partial charge in [0.05, 0.1) is 5.55 Å². The molecule has 0 saturated heterocycles. The highest BCUT2D eigenvalue weighted by Gasteiger charge is 2.09. The third-order valence-corrected chi connectivity index (χ3v) is 2.91. The SMILES string of the molecule is CCC(S/C=N\N)C(C)C. The van der Waals surface area contributed by atoms with E-state index in [1.165, 1.54) is 6.42 Å². The van der Waals surface area contributed by atoms with Crippen molar-refractivity contribution < 1.29 is 0 Å². The van der Waals surface area contributed by atoms with E-state index in [1.54, 1.807) is 17.3 Å². The molecule has 0 aliphatic rings. The molecule has 0 spiro atoms. The zero-order valence-electron chi connectivity index (χ0n) is 6.87. The fourth-order valence-corrected chi connectivity index (χ4v) is 1.57. The van der Waals surface area contributed by atoms with Crippen LogP contribution in [0.3, 0.4) is 0 Å². The molecule has 0 bridgehead atoms. The summed E-state index contributed by atoms with van der Waals surface area (Å²) in [6.45, 7) is 6.61. The summed E-state index contributed by atoms with van der Waals surface area (Å²) in [6, 6.07) is 0. The average Bonchev–Trinajstić information content (AvgIpc) is 1.89. The summed E-state index contributed by atoms with van der Waals surface area (Å²) in [7, 11) is 0. The van der Waals surface area contributed by atoms with Crippen molar-refractivity contribution in [1.82, 2.24) is 0 Å². The molecular formula is C7H16N2S. The van der Waals surface area contributed by atoms with E-state index in [2.05, 4.69) is 25.9 Å². The summed E-state index contributed by atoms with van der Waals surface area (Å²) in [6.07, 6.45) is 1.17. The van der Waals surface area contributed by atoms with E-state index in [1.807, 2.05) is 0 Å². The van der Waals surface area contributed by atoms with Gasteiger partial charge in [-0.3, -0.25) is 0 Å². The Balaban J connectivity index is 3.60. The molecule has 0 heterocycles. The van der Waals surface area contributed by atoms with Gasteiger partial charge in [-0.2, -0.15) is 5.10 Å². The lowest BCUT2D eigenvalue weighted by atomic mass is 10.1. The topological polar surface area (TPSA) is 38.4 Å². The first-order chi connectivity index (χ1) is 4.72. The maximum absolute atomic E-state index is 4.98. The lowest BCUT2D eigenvalue weighted by Crippen LogP contribution is -2.09. The Morgan fingerprint density at radius 2 is 2.20 bits per heavy atom.